The van der Waals surface area contributed by atoms with Gasteiger partial charge in [0.15, 0.2) is 69.8 Å². The maximum absolute atomic E-state index is 15.5. The molecular weight excluding hydrogens is 1190 g/mol. The number of hydrogen-bond donors (Lipinski definition) is 0. The minimum Gasteiger partial charge on any atom is -0.316 e. The monoisotopic (exact) mass is 1250 g/mol. The Kier molecular flexibility index (Phi) is 15.4. The summed E-state index contributed by atoms with van der Waals surface area (Å²) < 4.78 is 184. The Morgan fingerprint density at radius 2 is 0.478 bits per heavy atom. The summed E-state index contributed by atoms with van der Waals surface area (Å²) in [6.45, 7) is 7.35. The van der Waals surface area contributed by atoms with Gasteiger partial charge in [-0.25, -0.2) is 52.7 Å². The summed E-state index contributed by atoms with van der Waals surface area (Å²) in [5.41, 5.74) is 8.18. The van der Waals surface area contributed by atoms with Crippen molar-refractivity contribution in [3.05, 3.63) is 262 Å². The maximum Gasteiger partial charge on any atom is 0.194 e. The summed E-state index contributed by atoms with van der Waals surface area (Å²) in [6.07, 6.45) is 2.64. The SMILES string of the molecule is CC[N+]1(CCCCCC[N+]2(CC)Cc3c(-c4cc(F)c(F)c(F)c4)cc4ccccc4c3-c3c(c(-c4cc(F)c(F)c(F)c4)cc4ccccc34)C2)Cc2c(-c3cc(F)c(F)c(F)c3)cc3ccccc3c2-c2c(c(-c3cc(F)c(F)c(F)c3)cc3ccccc23)C1. The van der Waals surface area contributed by atoms with E-state index in [1.54, 1.807) is 0 Å². The molecule has 2 heterocycles. The first-order valence-electron chi connectivity index (χ1n) is 30.9. The van der Waals surface area contributed by atoms with Crippen LogP contribution in [-0.4, -0.2) is 35.1 Å². The third-order valence-electron chi connectivity index (χ3n) is 19.6. The average molecular weight is 1250 g/mol. The molecule has 0 amide bonds. The van der Waals surface area contributed by atoms with Crippen LogP contribution in [0.5, 0.6) is 0 Å². The highest BCUT2D eigenvalue weighted by atomic mass is 19.2. The molecule has 0 aliphatic carbocycles. The van der Waals surface area contributed by atoms with Gasteiger partial charge >= 0.3 is 0 Å². The van der Waals surface area contributed by atoms with E-state index in [0.717, 1.165) is 136 Å². The molecule has 0 N–H and O–H groups in total. The molecule has 2 nitrogen and oxygen atoms in total. The van der Waals surface area contributed by atoms with Crippen molar-refractivity contribution in [1.29, 1.82) is 0 Å². The molecule has 0 saturated heterocycles. The Hall–Kier alpha value is -9.24. The van der Waals surface area contributed by atoms with Crippen molar-refractivity contribution in [2.45, 2.75) is 65.7 Å². The average Bonchev–Trinajstić information content (AvgIpc) is 1.71. The lowest BCUT2D eigenvalue weighted by Crippen LogP contribution is -2.47. The molecule has 0 radical (unpaired) electrons. The highest BCUT2D eigenvalue weighted by Crippen LogP contribution is 2.53. The van der Waals surface area contributed by atoms with Crippen molar-refractivity contribution in [3.63, 3.8) is 0 Å². The number of hydrogen-bond acceptors (Lipinski definition) is 0. The van der Waals surface area contributed by atoms with Gasteiger partial charge in [0.1, 0.15) is 26.2 Å². The van der Waals surface area contributed by atoms with Gasteiger partial charge in [-0.1, -0.05) is 97.1 Å². The van der Waals surface area contributed by atoms with E-state index in [1.165, 1.54) is 0 Å². The Bertz CT molecular complexity index is 4330. The first kappa shape index (κ1) is 60.3. The summed E-state index contributed by atoms with van der Waals surface area (Å²) in [6, 6.07) is 45.7. The molecule has 92 heavy (non-hydrogen) atoms. The molecule has 462 valence electrons. The van der Waals surface area contributed by atoms with Gasteiger partial charge in [-0.05, 0) is 200 Å². The second kappa shape index (κ2) is 23.5. The molecule has 0 atom stereocenters. The number of fused-ring (bicyclic) bond motifs is 14. The summed E-state index contributed by atoms with van der Waals surface area (Å²) in [5, 5.41) is 6.07. The number of halogens is 12. The molecule has 12 aromatic rings. The lowest BCUT2D eigenvalue weighted by molar-refractivity contribution is -0.952. The highest BCUT2D eigenvalue weighted by molar-refractivity contribution is 6.13. The van der Waals surface area contributed by atoms with Gasteiger partial charge < -0.3 is 8.97 Å². The third-order valence-corrected chi connectivity index (χ3v) is 19.6. The maximum atomic E-state index is 15.5. The Morgan fingerprint density at radius 3 is 0.685 bits per heavy atom. The van der Waals surface area contributed by atoms with Gasteiger partial charge in [0.25, 0.3) is 0 Å². The molecule has 0 unspecified atom stereocenters. The van der Waals surface area contributed by atoms with Crippen molar-refractivity contribution >= 4 is 43.1 Å². The first-order chi connectivity index (χ1) is 44.4. The van der Waals surface area contributed by atoms with Gasteiger partial charge in [-0.3, -0.25) is 0 Å². The summed E-state index contributed by atoms with van der Waals surface area (Å²) in [5.74, 6) is -17.3. The third kappa shape index (κ3) is 10.3. The fourth-order valence-corrected chi connectivity index (χ4v) is 15.0. The highest BCUT2D eigenvalue weighted by Gasteiger charge is 2.40. The lowest BCUT2D eigenvalue weighted by Gasteiger charge is -2.39. The number of benzene rings is 12. The molecule has 2 aliphatic rings. The van der Waals surface area contributed by atoms with E-state index < -0.39 is 69.8 Å². The van der Waals surface area contributed by atoms with Crippen LogP contribution in [0.15, 0.2) is 170 Å². The molecule has 12 aromatic carbocycles. The van der Waals surface area contributed by atoms with Gasteiger partial charge in [-0.15, -0.1) is 0 Å². The van der Waals surface area contributed by atoms with Crippen molar-refractivity contribution in [3.8, 4) is 66.8 Å². The Balaban J connectivity index is 0.878. The topological polar surface area (TPSA) is 0 Å². The quantitative estimate of drug-likeness (QED) is 0.0467. The van der Waals surface area contributed by atoms with Crippen molar-refractivity contribution in [2.75, 3.05) is 26.2 Å². The fraction of sp³-hybridized carbons (Fsp3) is 0.179. The number of nitrogens with zero attached hydrogens (tertiary/aromatic N) is 2. The van der Waals surface area contributed by atoms with E-state index in [0.29, 0.717) is 109 Å². The zero-order valence-corrected chi connectivity index (χ0v) is 50.1. The van der Waals surface area contributed by atoms with Crippen LogP contribution in [0, 0.1) is 69.8 Å². The largest absolute Gasteiger partial charge is 0.316 e. The molecule has 14 rings (SSSR count). The van der Waals surface area contributed by atoms with E-state index in [-0.39, 0.29) is 22.3 Å². The van der Waals surface area contributed by atoms with Crippen LogP contribution in [-0.2, 0) is 26.2 Å². The standard InChI is InChI=1S/C78H58F12N2/c1-3-91(39-59-55(47-31-63(79)75(87)64(80)32-47)27-43-17-7-11-21-51(43)71(59)72-52-22-12-8-18-44(52)28-56(60(72)40-91)48-33-65(81)76(88)66(82)34-48)25-15-5-6-16-26-92(4-2)41-61-57(49-35-67(83)77(89)68(84)36-49)29-45-19-9-13-23-53(45)73(61)74-54-24-14-10-20-46(54)30-58(62(74)42-92)50-37-69(85)78(90)70(86)38-50/h7-14,17-24,27-38H,3-6,15-16,25-26,39-42H2,1-2H3/q+2. The normalized spacial score (nSPS) is 14.1. The molecular formula is C78H58F12N2+2. The van der Waals surface area contributed by atoms with Crippen molar-refractivity contribution in [1.82, 2.24) is 0 Å². The molecule has 2 aliphatic heterocycles. The first-order valence-corrected chi connectivity index (χ1v) is 30.9. The predicted molar refractivity (Wildman–Crippen MR) is 340 cm³/mol. The lowest BCUT2D eigenvalue weighted by atomic mass is 9.82. The predicted octanol–water partition coefficient (Wildman–Crippen LogP) is 21.9. The molecule has 0 fully saturated rings. The van der Waals surface area contributed by atoms with Crippen LogP contribution in [0.4, 0.5) is 52.7 Å². The van der Waals surface area contributed by atoms with E-state index in [9.17, 15) is 17.6 Å². The summed E-state index contributed by atoms with van der Waals surface area (Å²) in [4.78, 5) is 0. The van der Waals surface area contributed by atoms with Crippen LogP contribution in [0.1, 0.15) is 61.8 Å². The smallest absolute Gasteiger partial charge is 0.194 e. The van der Waals surface area contributed by atoms with E-state index in [1.807, 2.05) is 135 Å². The molecule has 0 saturated carbocycles. The molecule has 0 aromatic heterocycles. The van der Waals surface area contributed by atoms with Gasteiger partial charge in [0, 0.05) is 44.5 Å². The zero-order chi connectivity index (χ0) is 64.1. The van der Waals surface area contributed by atoms with Crippen molar-refractivity contribution in [2.24, 2.45) is 0 Å². The summed E-state index contributed by atoms with van der Waals surface area (Å²) >= 11 is 0. The number of quaternary nitrogens is 2. The minimum absolute atomic E-state index is 0.116. The fourth-order valence-electron chi connectivity index (χ4n) is 15.0. The second-order valence-corrected chi connectivity index (χ2v) is 24.8. The van der Waals surface area contributed by atoms with E-state index in [2.05, 4.69) is 0 Å². The van der Waals surface area contributed by atoms with E-state index >= 15 is 35.1 Å². The van der Waals surface area contributed by atoms with Crippen molar-refractivity contribution < 1.29 is 61.7 Å². The van der Waals surface area contributed by atoms with Gasteiger partial charge in [-0.2, -0.15) is 0 Å². The Labute approximate surface area is 523 Å². The second-order valence-electron chi connectivity index (χ2n) is 24.8. The molecule has 14 heteroatoms. The van der Waals surface area contributed by atoms with Crippen LogP contribution < -0.4 is 0 Å². The summed E-state index contributed by atoms with van der Waals surface area (Å²) in [7, 11) is 0. The van der Waals surface area contributed by atoms with E-state index in [4.69, 9.17) is 0 Å². The van der Waals surface area contributed by atoms with Crippen LogP contribution in [0.25, 0.3) is 110 Å². The van der Waals surface area contributed by atoms with Gasteiger partial charge in [0.05, 0.1) is 26.2 Å². The van der Waals surface area contributed by atoms with Crippen LogP contribution in [0.2, 0.25) is 0 Å². The molecule has 0 bridgehead atoms. The molecule has 0 spiro atoms. The minimum atomic E-state index is -1.61. The zero-order valence-electron chi connectivity index (χ0n) is 50.1. The number of unbranched alkanes of at least 4 members (excludes halogenated alkanes) is 3. The van der Waals surface area contributed by atoms with Crippen LogP contribution >= 0.6 is 0 Å². The van der Waals surface area contributed by atoms with Gasteiger partial charge in [0.2, 0.25) is 0 Å². The number of rotatable bonds is 13. The Morgan fingerprint density at radius 1 is 0.272 bits per heavy atom. The van der Waals surface area contributed by atoms with Crippen LogP contribution in [0.3, 0.4) is 0 Å².